The molecule has 2 aliphatic rings. The largest absolute Gasteiger partial charge is 0.491 e. The van der Waals surface area contributed by atoms with Crippen LogP contribution in [0.1, 0.15) is 48.3 Å². The van der Waals surface area contributed by atoms with Crippen molar-refractivity contribution in [2.45, 2.75) is 38.4 Å². The quantitative estimate of drug-likeness (QED) is 0.833. The number of carbonyl (C=O) groups is 1. The van der Waals surface area contributed by atoms with E-state index in [0.717, 1.165) is 19.3 Å². The lowest BCUT2D eigenvalue weighted by Gasteiger charge is -2.50. The Bertz CT molecular complexity index is 878. The summed E-state index contributed by atoms with van der Waals surface area (Å²) >= 11 is 0. The fraction of sp³-hybridized carbons (Fsp3) is 0.400. The van der Waals surface area contributed by atoms with Gasteiger partial charge in [-0.1, -0.05) is 30.3 Å². The Balaban J connectivity index is 1.94. The number of hydrogen-bond acceptors (Lipinski definition) is 4. The van der Waals surface area contributed by atoms with Gasteiger partial charge in [0, 0.05) is 18.8 Å². The van der Waals surface area contributed by atoms with Crippen molar-refractivity contribution >= 4 is 5.91 Å². The highest BCUT2D eigenvalue weighted by Gasteiger charge is 2.41. The molecule has 4 rings (SSSR count). The SMILES string of the molecule is COc1c2n(ccc1=O)N1C(c3ccccc3)CCCCN(C2=O)C1C. The van der Waals surface area contributed by atoms with Gasteiger partial charge in [-0.2, -0.15) is 0 Å². The van der Waals surface area contributed by atoms with Gasteiger partial charge in [-0.25, -0.2) is 0 Å². The van der Waals surface area contributed by atoms with Crippen molar-refractivity contribution in [1.29, 1.82) is 0 Å². The standard InChI is InChI=1S/C20H23N3O3/c1-14-21-12-7-6-10-16(15-8-4-3-5-9-15)23(14)22-13-11-17(24)19(26-2)18(22)20(21)25/h3-5,8-9,11,13-14,16H,6-7,10,12H2,1-2H3. The number of nitrogens with zero attached hydrogens (tertiary/aromatic N) is 3. The minimum Gasteiger partial charge on any atom is -0.491 e. The molecule has 1 fully saturated rings. The van der Waals surface area contributed by atoms with Crippen LogP contribution in [0, 0.1) is 0 Å². The Hall–Kier alpha value is -2.76. The van der Waals surface area contributed by atoms with Gasteiger partial charge in [0.05, 0.1) is 13.2 Å². The van der Waals surface area contributed by atoms with Gasteiger partial charge in [-0.3, -0.25) is 19.3 Å². The molecule has 0 spiro atoms. The number of pyridine rings is 1. The van der Waals surface area contributed by atoms with Crippen molar-refractivity contribution in [3.05, 3.63) is 64.1 Å². The molecule has 1 aromatic carbocycles. The predicted octanol–water partition coefficient (Wildman–Crippen LogP) is 2.52. The van der Waals surface area contributed by atoms with Gasteiger partial charge in [0.2, 0.25) is 5.43 Å². The van der Waals surface area contributed by atoms with Gasteiger partial charge in [0.25, 0.3) is 5.91 Å². The maximum absolute atomic E-state index is 13.1. The van der Waals surface area contributed by atoms with Gasteiger partial charge in [0.1, 0.15) is 6.17 Å². The number of carbonyl (C=O) groups excluding carboxylic acids is 1. The zero-order valence-electron chi connectivity index (χ0n) is 15.1. The molecule has 2 atom stereocenters. The third-order valence-electron chi connectivity index (χ3n) is 5.42. The van der Waals surface area contributed by atoms with Crippen LogP contribution in [0.4, 0.5) is 0 Å². The van der Waals surface area contributed by atoms with Crippen LogP contribution in [0.25, 0.3) is 0 Å². The molecule has 136 valence electrons. The topological polar surface area (TPSA) is 54.8 Å². The highest BCUT2D eigenvalue weighted by Crippen LogP contribution is 2.35. The molecular weight excluding hydrogens is 330 g/mol. The predicted molar refractivity (Wildman–Crippen MR) is 99.0 cm³/mol. The molecule has 1 aromatic heterocycles. The lowest BCUT2D eigenvalue weighted by molar-refractivity contribution is 0.0534. The van der Waals surface area contributed by atoms with Crippen LogP contribution in [0.15, 0.2) is 47.4 Å². The Morgan fingerprint density at radius 2 is 1.85 bits per heavy atom. The average molecular weight is 353 g/mol. The summed E-state index contributed by atoms with van der Waals surface area (Å²) in [5.41, 5.74) is 1.26. The first-order chi connectivity index (χ1) is 12.6. The summed E-state index contributed by atoms with van der Waals surface area (Å²) in [6.45, 7) is 2.73. The zero-order chi connectivity index (χ0) is 18.3. The van der Waals surface area contributed by atoms with Crippen molar-refractivity contribution in [2.24, 2.45) is 0 Å². The van der Waals surface area contributed by atoms with E-state index in [1.54, 1.807) is 6.20 Å². The van der Waals surface area contributed by atoms with E-state index in [2.05, 4.69) is 17.1 Å². The van der Waals surface area contributed by atoms with Crippen LogP contribution in [0.3, 0.4) is 0 Å². The van der Waals surface area contributed by atoms with Crippen LogP contribution < -0.4 is 15.2 Å². The second-order valence-electron chi connectivity index (χ2n) is 6.84. The second-order valence-corrected chi connectivity index (χ2v) is 6.84. The number of rotatable bonds is 2. The fourth-order valence-corrected chi connectivity index (χ4v) is 4.17. The molecule has 3 heterocycles. The first kappa shape index (κ1) is 16.7. The Morgan fingerprint density at radius 1 is 1.08 bits per heavy atom. The highest BCUT2D eigenvalue weighted by molar-refractivity contribution is 5.96. The van der Waals surface area contributed by atoms with Crippen molar-refractivity contribution < 1.29 is 9.53 Å². The minimum absolute atomic E-state index is 0.104. The number of amides is 1. The average Bonchev–Trinajstić information content (AvgIpc) is 2.65. The van der Waals surface area contributed by atoms with Gasteiger partial charge < -0.3 is 9.64 Å². The number of methoxy groups -OCH3 is 1. The van der Waals surface area contributed by atoms with Crippen LogP contribution in [-0.4, -0.2) is 35.3 Å². The maximum Gasteiger partial charge on any atom is 0.278 e. The van der Waals surface area contributed by atoms with E-state index in [0.29, 0.717) is 12.2 Å². The van der Waals surface area contributed by atoms with E-state index in [4.69, 9.17) is 4.74 Å². The van der Waals surface area contributed by atoms with E-state index >= 15 is 0 Å². The second kappa shape index (κ2) is 6.52. The van der Waals surface area contributed by atoms with Gasteiger partial charge >= 0.3 is 0 Å². The molecule has 6 nitrogen and oxygen atoms in total. The monoisotopic (exact) mass is 353 g/mol. The molecule has 0 N–H and O–H groups in total. The summed E-state index contributed by atoms with van der Waals surface area (Å²) in [6.07, 6.45) is 4.58. The van der Waals surface area contributed by atoms with E-state index in [1.165, 1.54) is 18.7 Å². The van der Waals surface area contributed by atoms with E-state index in [9.17, 15) is 9.59 Å². The summed E-state index contributed by atoms with van der Waals surface area (Å²) in [7, 11) is 1.44. The summed E-state index contributed by atoms with van der Waals surface area (Å²) < 4.78 is 7.15. The van der Waals surface area contributed by atoms with Crippen molar-refractivity contribution in [1.82, 2.24) is 9.58 Å². The number of fused-ring (bicyclic) bond motifs is 4. The third-order valence-corrected chi connectivity index (χ3v) is 5.42. The molecule has 1 saturated heterocycles. The fourth-order valence-electron chi connectivity index (χ4n) is 4.17. The smallest absolute Gasteiger partial charge is 0.278 e. The van der Waals surface area contributed by atoms with Crippen molar-refractivity contribution in [3.63, 3.8) is 0 Å². The number of hydrogen-bond donors (Lipinski definition) is 0. The molecule has 1 amide bonds. The summed E-state index contributed by atoms with van der Waals surface area (Å²) in [5.74, 6) is -0.0243. The molecule has 6 heteroatoms. The Labute approximate surface area is 152 Å². The molecule has 26 heavy (non-hydrogen) atoms. The maximum atomic E-state index is 13.1. The summed E-state index contributed by atoms with van der Waals surface area (Å²) in [6, 6.07) is 11.9. The molecule has 2 aliphatic heterocycles. The molecule has 0 aliphatic carbocycles. The summed E-state index contributed by atoms with van der Waals surface area (Å²) in [4.78, 5) is 27.2. The van der Waals surface area contributed by atoms with Crippen molar-refractivity contribution in [2.75, 3.05) is 18.7 Å². The van der Waals surface area contributed by atoms with Crippen molar-refractivity contribution in [3.8, 4) is 5.75 Å². The van der Waals surface area contributed by atoms with Crippen LogP contribution >= 0.6 is 0 Å². The van der Waals surface area contributed by atoms with Gasteiger partial charge in [-0.15, -0.1) is 0 Å². The van der Waals surface area contributed by atoms with Crippen LogP contribution in [0.5, 0.6) is 5.75 Å². The highest BCUT2D eigenvalue weighted by atomic mass is 16.5. The minimum atomic E-state index is -0.269. The summed E-state index contributed by atoms with van der Waals surface area (Å²) in [5, 5.41) is 2.20. The van der Waals surface area contributed by atoms with Gasteiger partial charge in [-0.05, 0) is 31.7 Å². The molecule has 2 aromatic rings. The normalized spacial score (nSPS) is 22.5. The lowest BCUT2D eigenvalue weighted by atomic mass is 9.97. The first-order valence-electron chi connectivity index (χ1n) is 9.07. The first-order valence-corrected chi connectivity index (χ1v) is 9.07. The molecule has 0 saturated carbocycles. The third kappa shape index (κ3) is 2.48. The molecular formula is C20H23N3O3. The van der Waals surface area contributed by atoms with Gasteiger partial charge in [0.15, 0.2) is 11.4 Å². The van der Waals surface area contributed by atoms with E-state index in [-0.39, 0.29) is 29.3 Å². The molecule has 0 radical (unpaired) electrons. The number of ether oxygens (including phenoxy) is 1. The number of benzene rings is 1. The molecule has 2 bridgehead atoms. The van der Waals surface area contributed by atoms with E-state index in [1.807, 2.05) is 34.7 Å². The zero-order valence-corrected chi connectivity index (χ0v) is 15.1. The number of aromatic nitrogens is 1. The van der Waals surface area contributed by atoms with E-state index < -0.39 is 0 Å². The Kier molecular flexibility index (Phi) is 4.18. The lowest BCUT2D eigenvalue weighted by Crippen LogP contribution is -2.62. The van der Waals surface area contributed by atoms with Crippen LogP contribution in [-0.2, 0) is 0 Å². The molecule has 2 unspecified atom stereocenters. The Morgan fingerprint density at radius 3 is 2.58 bits per heavy atom. The van der Waals surface area contributed by atoms with Crippen LogP contribution in [0.2, 0.25) is 0 Å².